The first-order chi connectivity index (χ1) is 11.1. The minimum atomic E-state index is -3.00. The Balaban J connectivity index is 1.79. The second-order valence-corrected chi connectivity index (χ2v) is 5.26. The van der Waals surface area contributed by atoms with Crippen LogP contribution >= 0.6 is 0 Å². The van der Waals surface area contributed by atoms with E-state index in [4.69, 9.17) is 9.26 Å². The summed E-state index contributed by atoms with van der Waals surface area (Å²) in [6.45, 7) is 0.236. The number of nitrogens with zero attached hydrogens (tertiary/aromatic N) is 2. The van der Waals surface area contributed by atoms with E-state index in [1.807, 2.05) is 6.07 Å². The van der Waals surface area contributed by atoms with Gasteiger partial charge >= 0.3 is 6.43 Å². The van der Waals surface area contributed by atoms with Crippen molar-refractivity contribution in [2.75, 3.05) is 7.11 Å². The number of methoxy groups -OCH3 is 1. The molecule has 1 amide bonds. The fourth-order valence-corrected chi connectivity index (χ4v) is 2.70. The van der Waals surface area contributed by atoms with Crippen molar-refractivity contribution < 1.29 is 22.8 Å². The van der Waals surface area contributed by atoms with Gasteiger partial charge in [-0.15, -0.1) is 0 Å². The highest BCUT2D eigenvalue weighted by atomic mass is 19.3. The molecule has 1 unspecified atom stereocenters. The lowest BCUT2D eigenvalue weighted by Gasteiger charge is -2.13. The molecule has 1 aliphatic carbocycles. The number of hydrogen-bond acceptors (Lipinski definition) is 5. The zero-order valence-electron chi connectivity index (χ0n) is 12.4. The minimum absolute atomic E-state index is 0.236. The van der Waals surface area contributed by atoms with Crippen LogP contribution in [0.5, 0.6) is 0 Å². The fraction of sp³-hybridized carbons (Fsp3) is 0.400. The van der Waals surface area contributed by atoms with Crippen molar-refractivity contribution in [3.8, 4) is 11.4 Å². The van der Waals surface area contributed by atoms with Crippen LogP contribution in [-0.4, -0.2) is 29.6 Å². The van der Waals surface area contributed by atoms with Gasteiger partial charge in [0.15, 0.2) is 0 Å². The van der Waals surface area contributed by atoms with Crippen LogP contribution in [0.15, 0.2) is 22.7 Å². The van der Waals surface area contributed by atoms with E-state index in [1.54, 1.807) is 12.1 Å². The number of carbonyl (C=O) groups excluding carboxylic acids is 1. The maximum atomic E-state index is 12.4. The van der Waals surface area contributed by atoms with Crippen molar-refractivity contribution in [1.82, 2.24) is 15.5 Å². The molecule has 0 spiro atoms. The highest BCUT2D eigenvalue weighted by molar-refractivity contribution is 5.79. The van der Waals surface area contributed by atoms with E-state index in [0.29, 0.717) is 24.6 Å². The van der Waals surface area contributed by atoms with Gasteiger partial charge in [0.1, 0.15) is 6.61 Å². The first-order valence-electron chi connectivity index (χ1n) is 7.11. The van der Waals surface area contributed by atoms with Crippen molar-refractivity contribution in [2.24, 2.45) is 0 Å². The Morgan fingerprint density at radius 3 is 3.09 bits per heavy atom. The number of benzene rings is 1. The third kappa shape index (κ3) is 3.21. The summed E-state index contributed by atoms with van der Waals surface area (Å²) >= 11 is 0. The Bertz CT molecular complexity index is 718. The number of amides is 1. The van der Waals surface area contributed by atoms with E-state index in [1.165, 1.54) is 7.11 Å². The average molecular weight is 323 g/mol. The zero-order valence-corrected chi connectivity index (χ0v) is 12.4. The van der Waals surface area contributed by atoms with Crippen molar-refractivity contribution >= 4 is 5.91 Å². The molecule has 1 heterocycles. The summed E-state index contributed by atoms with van der Waals surface area (Å²) in [5.74, 6) is -0.417. The van der Waals surface area contributed by atoms with Crippen LogP contribution in [0.1, 0.15) is 29.5 Å². The molecule has 23 heavy (non-hydrogen) atoms. The van der Waals surface area contributed by atoms with E-state index in [2.05, 4.69) is 15.5 Å². The van der Waals surface area contributed by atoms with Crippen LogP contribution in [0, 0.1) is 0 Å². The van der Waals surface area contributed by atoms with E-state index >= 15 is 0 Å². The molecule has 3 rings (SSSR count). The number of ether oxygens (including phenoxy) is 1. The van der Waals surface area contributed by atoms with Crippen molar-refractivity contribution in [2.45, 2.75) is 31.9 Å². The Labute approximate surface area is 130 Å². The third-order valence-corrected chi connectivity index (χ3v) is 3.73. The van der Waals surface area contributed by atoms with Crippen LogP contribution in [-0.2, 0) is 22.6 Å². The number of carbonyl (C=O) groups is 1. The molecule has 0 radical (unpaired) electrons. The Kier molecular flexibility index (Phi) is 4.33. The number of aromatic nitrogens is 2. The van der Waals surface area contributed by atoms with Gasteiger partial charge in [-0.3, -0.25) is 4.79 Å². The van der Waals surface area contributed by atoms with Gasteiger partial charge in [-0.1, -0.05) is 17.3 Å². The fourth-order valence-electron chi connectivity index (χ4n) is 2.70. The number of hydrogen-bond donors (Lipinski definition) is 1. The molecule has 0 saturated carbocycles. The summed E-state index contributed by atoms with van der Waals surface area (Å²) in [6.07, 6.45) is -1.71. The van der Waals surface area contributed by atoms with E-state index < -0.39 is 12.3 Å². The second kappa shape index (κ2) is 6.41. The number of halogens is 2. The maximum Gasteiger partial charge on any atom is 0.315 e. The third-order valence-electron chi connectivity index (χ3n) is 3.73. The Morgan fingerprint density at radius 1 is 1.52 bits per heavy atom. The standard InChI is InChI=1S/C15H15F2N3O3/c1-22-7-12-19-14(20-23-12)9-2-4-10-8(6-9)3-5-11(10)18-15(21)13(16)17/h2,4,6,11,13H,3,5,7H2,1H3,(H,18,21). The van der Waals surface area contributed by atoms with Gasteiger partial charge in [0.05, 0.1) is 6.04 Å². The lowest BCUT2D eigenvalue weighted by Crippen LogP contribution is -2.32. The second-order valence-electron chi connectivity index (χ2n) is 5.26. The van der Waals surface area contributed by atoms with Gasteiger partial charge in [0.2, 0.25) is 5.82 Å². The average Bonchev–Trinajstić information content (AvgIpc) is 3.14. The Morgan fingerprint density at radius 2 is 2.35 bits per heavy atom. The molecule has 2 aromatic rings. The van der Waals surface area contributed by atoms with Crippen LogP contribution < -0.4 is 5.32 Å². The predicted octanol–water partition coefficient (Wildman–Crippen LogP) is 2.25. The summed E-state index contributed by atoms with van der Waals surface area (Å²) in [7, 11) is 1.53. The largest absolute Gasteiger partial charge is 0.375 e. The van der Waals surface area contributed by atoms with Gasteiger partial charge in [0, 0.05) is 12.7 Å². The summed E-state index contributed by atoms with van der Waals surface area (Å²) in [6, 6.07) is 5.11. The molecule has 0 bridgehead atoms. The van der Waals surface area contributed by atoms with Crippen molar-refractivity contribution in [3.05, 3.63) is 35.2 Å². The molecular formula is C15H15F2N3O3. The zero-order chi connectivity index (χ0) is 16.4. The maximum absolute atomic E-state index is 12.4. The van der Waals surface area contributed by atoms with Crippen LogP contribution in [0.25, 0.3) is 11.4 Å². The Hall–Kier alpha value is -2.35. The van der Waals surface area contributed by atoms with E-state index in [9.17, 15) is 13.6 Å². The van der Waals surface area contributed by atoms with E-state index in [0.717, 1.165) is 16.7 Å². The normalized spacial score (nSPS) is 16.6. The molecule has 0 fully saturated rings. The van der Waals surface area contributed by atoms with Crippen LogP contribution in [0.3, 0.4) is 0 Å². The number of fused-ring (bicyclic) bond motifs is 1. The lowest BCUT2D eigenvalue weighted by molar-refractivity contribution is -0.132. The monoisotopic (exact) mass is 323 g/mol. The van der Waals surface area contributed by atoms with Gasteiger partial charge < -0.3 is 14.6 Å². The van der Waals surface area contributed by atoms with Gasteiger partial charge in [-0.05, 0) is 30.0 Å². The number of rotatable bonds is 5. The molecule has 1 aromatic heterocycles. The van der Waals surface area contributed by atoms with Gasteiger partial charge in [-0.2, -0.15) is 13.8 Å². The predicted molar refractivity (Wildman–Crippen MR) is 75.7 cm³/mol. The molecule has 122 valence electrons. The molecule has 1 N–H and O–H groups in total. The van der Waals surface area contributed by atoms with Crippen LogP contribution in [0.2, 0.25) is 0 Å². The first-order valence-corrected chi connectivity index (χ1v) is 7.11. The number of alkyl halides is 2. The highest BCUT2D eigenvalue weighted by Crippen LogP contribution is 2.33. The quantitative estimate of drug-likeness (QED) is 0.913. The molecule has 0 aliphatic heterocycles. The molecule has 0 saturated heterocycles. The highest BCUT2D eigenvalue weighted by Gasteiger charge is 2.27. The summed E-state index contributed by atoms with van der Waals surface area (Å²) in [4.78, 5) is 15.4. The lowest BCUT2D eigenvalue weighted by atomic mass is 10.0. The molecule has 6 nitrogen and oxygen atoms in total. The minimum Gasteiger partial charge on any atom is -0.375 e. The van der Waals surface area contributed by atoms with Gasteiger partial charge in [0.25, 0.3) is 11.8 Å². The molecular weight excluding hydrogens is 308 g/mol. The number of aryl methyl sites for hydroxylation is 1. The smallest absolute Gasteiger partial charge is 0.315 e. The van der Waals surface area contributed by atoms with Crippen LogP contribution in [0.4, 0.5) is 8.78 Å². The molecule has 1 aliphatic rings. The molecule has 8 heteroatoms. The first kappa shape index (κ1) is 15.5. The molecule has 1 aromatic carbocycles. The topological polar surface area (TPSA) is 77.2 Å². The SMILES string of the molecule is COCc1nc(-c2ccc3c(c2)CCC3NC(=O)C(F)F)no1. The number of nitrogens with one attached hydrogen (secondary N) is 1. The molecule has 1 atom stereocenters. The van der Waals surface area contributed by atoms with E-state index in [-0.39, 0.29) is 12.6 Å². The summed E-state index contributed by atoms with van der Waals surface area (Å²) in [5, 5.41) is 6.25. The summed E-state index contributed by atoms with van der Waals surface area (Å²) < 4.78 is 34.7. The van der Waals surface area contributed by atoms with Crippen molar-refractivity contribution in [1.29, 1.82) is 0 Å². The van der Waals surface area contributed by atoms with Crippen molar-refractivity contribution in [3.63, 3.8) is 0 Å². The summed E-state index contributed by atoms with van der Waals surface area (Å²) in [5.41, 5.74) is 2.61. The van der Waals surface area contributed by atoms with Gasteiger partial charge in [-0.25, -0.2) is 0 Å².